The average Bonchev–Trinajstić information content (AvgIpc) is 2.31. The predicted molar refractivity (Wildman–Crippen MR) is 125 cm³/mol. The van der Waals surface area contributed by atoms with Gasteiger partial charge in [0.15, 0.2) is 0 Å². The van der Waals surface area contributed by atoms with Gasteiger partial charge in [0.25, 0.3) is 0 Å². The second-order valence-electron chi connectivity index (χ2n) is 13.4. The van der Waals surface area contributed by atoms with Crippen LogP contribution in [0.15, 0.2) is 0 Å². The molecule has 0 aliphatic carbocycles. The maximum absolute atomic E-state index is 5.46. The van der Waals surface area contributed by atoms with Crippen molar-refractivity contribution in [3.63, 3.8) is 0 Å². The van der Waals surface area contributed by atoms with Crippen LogP contribution < -0.4 is 16.0 Å². The molecule has 0 spiro atoms. The molecule has 1 aliphatic heterocycles. The quantitative estimate of drug-likeness (QED) is 0.517. The third-order valence-corrected chi connectivity index (χ3v) is 8.62. The highest BCUT2D eigenvalue weighted by Crippen LogP contribution is 2.44. The molecule has 168 valence electrons. The van der Waals surface area contributed by atoms with Gasteiger partial charge in [0.1, 0.15) is 0 Å². The summed E-state index contributed by atoms with van der Waals surface area (Å²) in [5.74, 6) is 0. The van der Waals surface area contributed by atoms with Crippen LogP contribution in [0.2, 0.25) is 0 Å². The van der Waals surface area contributed by atoms with E-state index in [1.165, 1.54) is 0 Å². The highest BCUT2D eigenvalue weighted by molar-refractivity contribution is 5.28. The van der Waals surface area contributed by atoms with E-state index in [1.807, 2.05) is 0 Å². The Labute approximate surface area is 176 Å². The molecule has 0 unspecified atom stereocenters. The first-order valence-electron chi connectivity index (χ1n) is 10.9. The Hall–Kier alpha value is -0.160. The SMILES string of the molecule is CC1(C)[N-]C(C)(C)C(C)(C)NC(C)(C)C(C)(C)NC(C)(C)C(C)(C)NC1(C)C. The molecular formula is C24H51N4-. The highest BCUT2D eigenvalue weighted by Gasteiger charge is 2.51. The molecule has 3 N–H and O–H groups in total. The van der Waals surface area contributed by atoms with E-state index in [0.29, 0.717) is 0 Å². The predicted octanol–water partition coefficient (Wildman–Crippen LogP) is 5.37. The van der Waals surface area contributed by atoms with E-state index in [2.05, 4.69) is 127 Å². The van der Waals surface area contributed by atoms with Crippen LogP contribution in [0, 0.1) is 0 Å². The Kier molecular flexibility index (Phi) is 6.16. The molecule has 28 heavy (non-hydrogen) atoms. The van der Waals surface area contributed by atoms with Crippen LogP contribution in [0.4, 0.5) is 0 Å². The van der Waals surface area contributed by atoms with Crippen molar-refractivity contribution in [2.75, 3.05) is 0 Å². The van der Waals surface area contributed by atoms with Gasteiger partial charge in [-0.05, 0) is 94.2 Å². The third kappa shape index (κ3) is 4.45. The van der Waals surface area contributed by atoms with Crippen LogP contribution in [-0.2, 0) is 0 Å². The molecule has 1 rings (SSSR count). The molecule has 0 atom stereocenters. The van der Waals surface area contributed by atoms with Gasteiger partial charge >= 0.3 is 0 Å². The van der Waals surface area contributed by atoms with Crippen molar-refractivity contribution < 1.29 is 0 Å². The lowest BCUT2D eigenvalue weighted by molar-refractivity contribution is 0.0410. The Balaban J connectivity index is 3.68. The van der Waals surface area contributed by atoms with E-state index >= 15 is 0 Å². The van der Waals surface area contributed by atoms with Crippen molar-refractivity contribution in [3.8, 4) is 0 Å². The molecule has 1 saturated heterocycles. The van der Waals surface area contributed by atoms with Crippen LogP contribution in [0.5, 0.6) is 0 Å². The monoisotopic (exact) mass is 395 g/mol. The largest absolute Gasteiger partial charge is 0.649 e. The molecule has 1 fully saturated rings. The first kappa shape index (κ1) is 25.9. The molecule has 0 aromatic carbocycles. The number of nitrogens with one attached hydrogen (secondary N) is 3. The van der Waals surface area contributed by atoms with E-state index in [4.69, 9.17) is 5.32 Å². The summed E-state index contributed by atoms with van der Waals surface area (Å²) in [5.41, 5.74) is -1.53. The summed E-state index contributed by atoms with van der Waals surface area (Å²) in [7, 11) is 0. The second kappa shape index (κ2) is 6.67. The van der Waals surface area contributed by atoms with Gasteiger partial charge in [-0.2, -0.15) is 0 Å². The van der Waals surface area contributed by atoms with Crippen LogP contribution in [0.3, 0.4) is 0 Å². The summed E-state index contributed by atoms with van der Waals surface area (Å²) in [6.07, 6.45) is 0. The highest BCUT2D eigenvalue weighted by atomic mass is 15.3. The first-order valence-corrected chi connectivity index (χ1v) is 10.9. The standard InChI is InChI=1S/C24H51N4/c1-17(2)18(3,4)26-21(9,10)22(11,12)28-24(15,16)23(13,14)27-20(7,8)19(5,6)25-17/h25-27H,1-16H3/q-1. The minimum absolute atomic E-state index is 0.151. The van der Waals surface area contributed by atoms with Gasteiger partial charge in [-0.25, -0.2) is 0 Å². The van der Waals surface area contributed by atoms with Crippen molar-refractivity contribution in [1.29, 1.82) is 0 Å². The van der Waals surface area contributed by atoms with Crippen molar-refractivity contribution in [1.82, 2.24) is 16.0 Å². The van der Waals surface area contributed by atoms with Crippen molar-refractivity contribution in [2.45, 2.75) is 155 Å². The number of hydrogen-bond donors (Lipinski definition) is 3. The van der Waals surface area contributed by atoms with Gasteiger partial charge in [-0.1, -0.05) is 27.7 Å². The zero-order valence-corrected chi connectivity index (χ0v) is 21.9. The van der Waals surface area contributed by atoms with Gasteiger partial charge < -0.3 is 21.3 Å². The summed E-state index contributed by atoms with van der Waals surface area (Å²) < 4.78 is 0. The average molecular weight is 396 g/mol. The summed E-state index contributed by atoms with van der Waals surface area (Å²) in [6.45, 7) is 36.6. The van der Waals surface area contributed by atoms with E-state index in [1.54, 1.807) is 0 Å². The minimum atomic E-state index is -0.262. The van der Waals surface area contributed by atoms with E-state index < -0.39 is 0 Å². The Morgan fingerprint density at radius 1 is 0.321 bits per heavy atom. The lowest BCUT2D eigenvalue weighted by Gasteiger charge is -2.68. The lowest BCUT2D eigenvalue weighted by atomic mass is 9.69. The summed E-state index contributed by atoms with van der Waals surface area (Å²) >= 11 is 0. The maximum Gasteiger partial charge on any atom is 0.0307 e. The number of nitrogens with zero attached hydrogens (tertiary/aromatic N) is 1. The molecule has 1 aliphatic rings. The fourth-order valence-electron chi connectivity index (χ4n) is 4.25. The molecule has 4 nitrogen and oxygen atoms in total. The van der Waals surface area contributed by atoms with E-state index in [-0.39, 0.29) is 44.3 Å². The van der Waals surface area contributed by atoms with Crippen molar-refractivity contribution in [3.05, 3.63) is 5.32 Å². The number of hydrogen-bond acceptors (Lipinski definition) is 3. The Morgan fingerprint density at radius 2 is 0.500 bits per heavy atom. The lowest BCUT2D eigenvalue weighted by Crippen LogP contribution is -2.79. The maximum atomic E-state index is 5.46. The molecule has 0 bridgehead atoms. The smallest absolute Gasteiger partial charge is 0.0307 e. The van der Waals surface area contributed by atoms with Crippen molar-refractivity contribution >= 4 is 0 Å². The van der Waals surface area contributed by atoms with Crippen LogP contribution in [0.25, 0.3) is 5.32 Å². The van der Waals surface area contributed by atoms with Crippen LogP contribution in [-0.4, -0.2) is 44.3 Å². The molecule has 0 aromatic rings. The van der Waals surface area contributed by atoms with Crippen LogP contribution in [0.1, 0.15) is 111 Å². The summed E-state index contributed by atoms with van der Waals surface area (Å²) in [5, 5.41) is 17.4. The normalized spacial score (nSPS) is 32.6. The van der Waals surface area contributed by atoms with Crippen LogP contribution >= 0.6 is 0 Å². The molecule has 4 heteroatoms. The zero-order valence-electron chi connectivity index (χ0n) is 21.9. The fraction of sp³-hybridized carbons (Fsp3) is 1.00. The first-order chi connectivity index (χ1) is 11.8. The van der Waals surface area contributed by atoms with Gasteiger partial charge in [-0.3, -0.25) is 0 Å². The Morgan fingerprint density at radius 3 is 0.714 bits per heavy atom. The minimum Gasteiger partial charge on any atom is -0.649 e. The molecule has 0 aromatic heterocycles. The summed E-state index contributed by atoms with van der Waals surface area (Å²) in [4.78, 5) is 0. The number of rotatable bonds is 0. The van der Waals surface area contributed by atoms with Crippen molar-refractivity contribution in [2.24, 2.45) is 0 Å². The fourth-order valence-corrected chi connectivity index (χ4v) is 4.25. The molecular weight excluding hydrogens is 344 g/mol. The third-order valence-electron chi connectivity index (χ3n) is 8.62. The molecule has 0 saturated carbocycles. The Bertz CT molecular complexity index is 425. The molecule has 1 heterocycles. The van der Waals surface area contributed by atoms with Gasteiger partial charge in [-0.15, -0.1) is 11.1 Å². The van der Waals surface area contributed by atoms with Gasteiger partial charge in [0.2, 0.25) is 0 Å². The summed E-state index contributed by atoms with van der Waals surface area (Å²) in [6, 6.07) is 0. The van der Waals surface area contributed by atoms with Gasteiger partial charge in [0.05, 0.1) is 0 Å². The topological polar surface area (TPSA) is 50.2 Å². The second-order valence-corrected chi connectivity index (χ2v) is 13.4. The zero-order chi connectivity index (χ0) is 22.8. The van der Waals surface area contributed by atoms with Gasteiger partial charge in [0, 0.05) is 22.2 Å². The molecule has 0 radical (unpaired) electrons. The molecule has 0 amide bonds. The van der Waals surface area contributed by atoms with E-state index in [0.717, 1.165) is 0 Å². The van der Waals surface area contributed by atoms with E-state index in [9.17, 15) is 0 Å².